The van der Waals surface area contributed by atoms with Gasteiger partial charge in [0.15, 0.2) is 0 Å². The van der Waals surface area contributed by atoms with E-state index in [2.05, 4.69) is 14.7 Å². The maximum Gasteiger partial charge on any atom is 0.471 e. The van der Waals surface area contributed by atoms with Crippen LogP contribution in [0.4, 0.5) is 13.2 Å². The van der Waals surface area contributed by atoms with Crippen molar-refractivity contribution in [3.63, 3.8) is 0 Å². The van der Waals surface area contributed by atoms with E-state index in [1.807, 2.05) is 32.6 Å². The molecule has 0 fully saturated rings. The van der Waals surface area contributed by atoms with Crippen LogP contribution in [0.25, 0.3) is 11.4 Å². The standard InChI is InChI=1S/C19H24F3N3O2/c1-5-12(3)17(26)25(13(4)6-2)11-14-7-9-15(10-8-14)16-23-18(27-24-16)19(20,21)22/h7-10,12-13H,5-6,11H2,1-4H3. The van der Waals surface area contributed by atoms with Crippen LogP contribution < -0.4 is 0 Å². The van der Waals surface area contributed by atoms with Gasteiger partial charge in [0, 0.05) is 24.1 Å². The first-order valence-corrected chi connectivity index (χ1v) is 8.98. The lowest BCUT2D eigenvalue weighted by molar-refractivity contribution is -0.159. The van der Waals surface area contributed by atoms with Crippen LogP contribution in [-0.2, 0) is 17.5 Å². The lowest BCUT2D eigenvalue weighted by Gasteiger charge is -2.31. The van der Waals surface area contributed by atoms with Gasteiger partial charge in [-0.15, -0.1) is 0 Å². The zero-order chi connectivity index (χ0) is 20.2. The van der Waals surface area contributed by atoms with Crippen LogP contribution in [0.15, 0.2) is 28.8 Å². The van der Waals surface area contributed by atoms with Gasteiger partial charge in [-0.25, -0.2) is 0 Å². The zero-order valence-corrected chi connectivity index (χ0v) is 15.9. The van der Waals surface area contributed by atoms with Crippen molar-refractivity contribution in [3.8, 4) is 11.4 Å². The van der Waals surface area contributed by atoms with E-state index in [9.17, 15) is 18.0 Å². The number of rotatable bonds is 7. The van der Waals surface area contributed by atoms with Gasteiger partial charge in [0.25, 0.3) is 0 Å². The van der Waals surface area contributed by atoms with Crippen LogP contribution in [0.2, 0.25) is 0 Å². The topological polar surface area (TPSA) is 59.2 Å². The van der Waals surface area contributed by atoms with Crippen LogP contribution in [0.1, 0.15) is 52.0 Å². The van der Waals surface area contributed by atoms with Gasteiger partial charge in [-0.05, 0) is 25.3 Å². The highest BCUT2D eigenvalue weighted by molar-refractivity contribution is 5.78. The Morgan fingerprint density at radius 2 is 1.78 bits per heavy atom. The van der Waals surface area contributed by atoms with Crippen molar-refractivity contribution in [1.29, 1.82) is 0 Å². The summed E-state index contributed by atoms with van der Waals surface area (Å²) in [6.45, 7) is 8.37. The Labute approximate surface area is 156 Å². The first-order valence-electron chi connectivity index (χ1n) is 8.98. The Morgan fingerprint density at radius 3 is 2.26 bits per heavy atom. The Balaban J connectivity index is 2.17. The minimum absolute atomic E-state index is 0.0570. The fourth-order valence-electron chi connectivity index (χ4n) is 2.54. The van der Waals surface area contributed by atoms with Crippen LogP contribution in [0, 0.1) is 5.92 Å². The number of aromatic nitrogens is 2. The normalized spacial score (nSPS) is 14.0. The molecule has 0 spiro atoms. The van der Waals surface area contributed by atoms with E-state index in [-0.39, 0.29) is 23.7 Å². The molecule has 0 N–H and O–H groups in total. The molecule has 1 heterocycles. The van der Waals surface area contributed by atoms with Crippen molar-refractivity contribution >= 4 is 5.91 Å². The molecule has 148 valence electrons. The Morgan fingerprint density at radius 1 is 1.15 bits per heavy atom. The summed E-state index contributed by atoms with van der Waals surface area (Å²) >= 11 is 0. The molecule has 2 aromatic rings. The lowest BCUT2D eigenvalue weighted by Crippen LogP contribution is -2.40. The number of carbonyl (C=O) groups is 1. The van der Waals surface area contributed by atoms with E-state index in [1.165, 1.54) is 0 Å². The second-order valence-corrected chi connectivity index (χ2v) is 6.65. The smallest absolute Gasteiger partial charge is 0.335 e. The third-order valence-electron chi connectivity index (χ3n) is 4.67. The van der Waals surface area contributed by atoms with Crippen LogP contribution in [0.5, 0.6) is 0 Å². The molecule has 27 heavy (non-hydrogen) atoms. The minimum atomic E-state index is -4.67. The molecular weight excluding hydrogens is 359 g/mol. The summed E-state index contributed by atoms with van der Waals surface area (Å²) in [4.78, 5) is 17.9. The van der Waals surface area contributed by atoms with Crippen molar-refractivity contribution in [3.05, 3.63) is 35.7 Å². The van der Waals surface area contributed by atoms with Gasteiger partial charge in [-0.3, -0.25) is 4.79 Å². The molecule has 1 aromatic heterocycles. The van der Waals surface area contributed by atoms with E-state index in [4.69, 9.17) is 0 Å². The van der Waals surface area contributed by atoms with E-state index in [0.717, 1.165) is 18.4 Å². The van der Waals surface area contributed by atoms with Crippen molar-refractivity contribution in [1.82, 2.24) is 15.0 Å². The molecule has 0 aliphatic rings. The number of amides is 1. The number of hydrogen-bond acceptors (Lipinski definition) is 4. The van der Waals surface area contributed by atoms with Gasteiger partial charge in [0.2, 0.25) is 11.7 Å². The summed E-state index contributed by atoms with van der Waals surface area (Å²) in [6, 6.07) is 6.88. The molecule has 2 atom stereocenters. The van der Waals surface area contributed by atoms with E-state index < -0.39 is 12.1 Å². The predicted molar refractivity (Wildman–Crippen MR) is 94.5 cm³/mol. The highest BCUT2D eigenvalue weighted by Gasteiger charge is 2.38. The third-order valence-corrected chi connectivity index (χ3v) is 4.67. The van der Waals surface area contributed by atoms with Crippen LogP contribution in [0.3, 0.4) is 0 Å². The van der Waals surface area contributed by atoms with Gasteiger partial charge >= 0.3 is 12.1 Å². The van der Waals surface area contributed by atoms with E-state index in [1.54, 1.807) is 24.3 Å². The summed E-state index contributed by atoms with van der Waals surface area (Å²) < 4.78 is 42.0. The van der Waals surface area contributed by atoms with Crippen molar-refractivity contribution in [2.24, 2.45) is 5.92 Å². The summed E-state index contributed by atoms with van der Waals surface area (Å²) in [5.41, 5.74) is 1.30. The Kier molecular flexibility index (Phi) is 6.62. The lowest BCUT2D eigenvalue weighted by atomic mass is 10.0. The van der Waals surface area contributed by atoms with Gasteiger partial charge < -0.3 is 9.42 Å². The molecule has 8 heteroatoms. The number of benzene rings is 1. The summed E-state index contributed by atoms with van der Waals surface area (Å²) in [7, 11) is 0. The first-order chi connectivity index (χ1) is 12.7. The maximum atomic E-state index is 12.7. The highest BCUT2D eigenvalue weighted by Crippen LogP contribution is 2.29. The van der Waals surface area contributed by atoms with Gasteiger partial charge in [-0.1, -0.05) is 50.2 Å². The number of carbonyl (C=O) groups excluding carboxylic acids is 1. The molecule has 2 unspecified atom stereocenters. The molecule has 0 radical (unpaired) electrons. The van der Waals surface area contributed by atoms with Crippen molar-refractivity contribution < 1.29 is 22.5 Å². The second-order valence-electron chi connectivity index (χ2n) is 6.65. The van der Waals surface area contributed by atoms with Gasteiger partial charge in [0.1, 0.15) is 0 Å². The van der Waals surface area contributed by atoms with Crippen molar-refractivity contribution in [2.75, 3.05) is 0 Å². The van der Waals surface area contributed by atoms with E-state index in [0.29, 0.717) is 12.1 Å². The maximum absolute atomic E-state index is 12.7. The largest absolute Gasteiger partial charge is 0.471 e. The molecular formula is C19H24F3N3O2. The Bertz CT molecular complexity index is 756. The number of alkyl halides is 3. The predicted octanol–water partition coefficient (Wildman–Crippen LogP) is 4.93. The number of halogens is 3. The van der Waals surface area contributed by atoms with Gasteiger partial charge in [-0.2, -0.15) is 18.2 Å². The molecule has 2 rings (SSSR count). The molecule has 0 aliphatic carbocycles. The monoisotopic (exact) mass is 383 g/mol. The molecule has 1 amide bonds. The fraction of sp³-hybridized carbons (Fsp3) is 0.526. The van der Waals surface area contributed by atoms with Crippen LogP contribution >= 0.6 is 0 Å². The summed E-state index contributed by atoms with van der Waals surface area (Å²) in [5, 5.41) is 3.38. The fourth-order valence-corrected chi connectivity index (χ4v) is 2.54. The Hall–Kier alpha value is -2.38. The quantitative estimate of drug-likeness (QED) is 0.680. The first kappa shape index (κ1) is 20.9. The number of nitrogens with zero attached hydrogens (tertiary/aromatic N) is 3. The molecule has 0 saturated carbocycles. The minimum Gasteiger partial charge on any atom is -0.335 e. The van der Waals surface area contributed by atoms with Gasteiger partial charge in [0.05, 0.1) is 0 Å². The average Bonchev–Trinajstić information content (AvgIpc) is 3.15. The summed E-state index contributed by atoms with van der Waals surface area (Å²) in [6.07, 6.45) is -3.06. The molecule has 0 bridgehead atoms. The van der Waals surface area contributed by atoms with Crippen LogP contribution in [-0.4, -0.2) is 27.0 Å². The number of hydrogen-bond donors (Lipinski definition) is 0. The molecule has 0 aliphatic heterocycles. The third kappa shape index (κ3) is 5.08. The highest BCUT2D eigenvalue weighted by atomic mass is 19.4. The molecule has 5 nitrogen and oxygen atoms in total. The summed E-state index contributed by atoms with van der Waals surface area (Å²) in [5.74, 6) is -1.45. The average molecular weight is 383 g/mol. The van der Waals surface area contributed by atoms with E-state index >= 15 is 0 Å². The second kappa shape index (κ2) is 8.54. The zero-order valence-electron chi connectivity index (χ0n) is 15.9. The SMILES string of the molecule is CCC(C)C(=O)N(Cc1ccc(-c2noc(C(F)(F)F)n2)cc1)C(C)CC. The van der Waals surface area contributed by atoms with Crippen molar-refractivity contribution in [2.45, 2.75) is 59.3 Å². The molecule has 0 saturated heterocycles. The molecule has 1 aromatic carbocycles.